The minimum Gasteiger partial charge on any atom is -0.345 e. The topological polar surface area (TPSA) is 28.7 Å². The van der Waals surface area contributed by atoms with Crippen LogP contribution in [-0.4, -0.2) is 9.97 Å². The van der Waals surface area contributed by atoms with Crippen molar-refractivity contribution in [2.75, 3.05) is 0 Å². The molecule has 0 atom stereocenters. The Morgan fingerprint density at radius 1 is 1.33 bits per heavy atom. The number of aromatic nitrogens is 2. The Morgan fingerprint density at radius 3 is 2.92 bits per heavy atom. The van der Waals surface area contributed by atoms with E-state index >= 15 is 0 Å². The smallest absolute Gasteiger partial charge is 0.0924 e. The van der Waals surface area contributed by atoms with Crippen molar-refractivity contribution in [1.82, 2.24) is 9.97 Å². The predicted molar refractivity (Wildman–Crippen MR) is 48.8 cm³/mol. The van der Waals surface area contributed by atoms with E-state index in [9.17, 15) is 0 Å². The van der Waals surface area contributed by atoms with Crippen LogP contribution < -0.4 is 0 Å². The number of hydrogen-bond donors (Lipinski definition) is 1. The third-order valence-corrected chi connectivity index (χ3v) is 1.83. The van der Waals surface area contributed by atoms with Gasteiger partial charge in [-0.25, -0.2) is 4.98 Å². The lowest BCUT2D eigenvalue weighted by atomic mass is 10.1. The van der Waals surface area contributed by atoms with E-state index in [-0.39, 0.29) is 0 Å². The van der Waals surface area contributed by atoms with Crippen molar-refractivity contribution in [2.24, 2.45) is 0 Å². The molecular weight excluding hydrogens is 148 g/mol. The second-order valence-corrected chi connectivity index (χ2v) is 2.83. The first kappa shape index (κ1) is 7.10. The summed E-state index contributed by atoms with van der Waals surface area (Å²) in [5.41, 5.74) is 3.52. The van der Waals surface area contributed by atoms with E-state index in [0.29, 0.717) is 0 Å². The molecule has 2 heteroatoms. The van der Waals surface area contributed by atoms with E-state index in [4.69, 9.17) is 0 Å². The largest absolute Gasteiger partial charge is 0.345 e. The molecule has 0 amide bonds. The highest BCUT2D eigenvalue weighted by atomic mass is 14.9. The molecule has 1 heterocycles. The van der Waals surface area contributed by atoms with Gasteiger partial charge in [0, 0.05) is 0 Å². The second kappa shape index (κ2) is 2.81. The molecule has 1 N–H and O–H groups in total. The van der Waals surface area contributed by atoms with Crippen LogP contribution in [0.2, 0.25) is 0 Å². The Balaban J connectivity index is 2.48. The van der Waals surface area contributed by atoms with Gasteiger partial charge in [-0.1, -0.05) is 23.8 Å². The maximum atomic E-state index is 3.97. The Hall–Kier alpha value is -1.57. The standard InChI is InChI=1S/C10H10N2/c1-8-3-2-4-9(5-8)10-6-11-7-12-10/h2-7H,1H3,(H,11,12). The summed E-state index contributed by atoms with van der Waals surface area (Å²) in [5, 5.41) is 0. The van der Waals surface area contributed by atoms with E-state index in [1.54, 1.807) is 6.33 Å². The molecular formula is C10H10N2. The van der Waals surface area contributed by atoms with Gasteiger partial charge in [-0.05, 0) is 18.6 Å². The van der Waals surface area contributed by atoms with Crippen LogP contribution in [0, 0.1) is 6.92 Å². The van der Waals surface area contributed by atoms with Crippen LogP contribution in [0.4, 0.5) is 0 Å². The molecule has 0 bridgehead atoms. The van der Waals surface area contributed by atoms with Crippen LogP contribution in [0.1, 0.15) is 5.56 Å². The average Bonchev–Trinajstić information content (AvgIpc) is 2.56. The molecule has 0 radical (unpaired) electrons. The van der Waals surface area contributed by atoms with Crippen LogP contribution >= 0.6 is 0 Å². The number of hydrogen-bond acceptors (Lipinski definition) is 1. The van der Waals surface area contributed by atoms with Gasteiger partial charge in [-0.3, -0.25) is 0 Å². The molecule has 0 unspecified atom stereocenters. The van der Waals surface area contributed by atoms with Crippen LogP contribution in [0.3, 0.4) is 0 Å². The summed E-state index contributed by atoms with van der Waals surface area (Å²) in [6.45, 7) is 2.08. The fourth-order valence-corrected chi connectivity index (χ4v) is 1.23. The van der Waals surface area contributed by atoms with Crippen LogP contribution in [0.5, 0.6) is 0 Å². The molecule has 0 aliphatic heterocycles. The van der Waals surface area contributed by atoms with E-state index in [1.165, 1.54) is 11.1 Å². The van der Waals surface area contributed by atoms with Crippen LogP contribution in [0.15, 0.2) is 36.8 Å². The zero-order chi connectivity index (χ0) is 8.39. The highest BCUT2D eigenvalue weighted by Crippen LogP contribution is 2.16. The number of imidazole rings is 1. The molecule has 2 aromatic rings. The fourth-order valence-electron chi connectivity index (χ4n) is 1.23. The van der Waals surface area contributed by atoms with Crippen molar-refractivity contribution in [3.8, 4) is 11.3 Å². The number of aromatic amines is 1. The lowest BCUT2D eigenvalue weighted by Gasteiger charge is -1.97. The number of nitrogens with zero attached hydrogens (tertiary/aromatic N) is 1. The molecule has 12 heavy (non-hydrogen) atoms. The monoisotopic (exact) mass is 158 g/mol. The normalized spacial score (nSPS) is 10.1. The number of nitrogens with one attached hydrogen (secondary N) is 1. The van der Waals surface area contributed by atoms with E-state index in [2.05, 4.69) is 35.1 Å². The summed E-state index contributed by atoms with van der Waals surface area (Å²) in [5.74, 6) is 0. The van der Waals surface area contributed by atoms with Gasteiger partial charge in [0.2, 0.25) is 0 Å². The van der Waals surface area contributed by atoms with Gasteiger partial charge in [0.05, 0.1) is 18.2 Å². The third-order valence-electron chi connectivity index (χ3n) is 1.83. The molecule has 0 aliphatic carbocycles. The summed E-state index contributed by atoms with van der Waals surface area (Å²) in [4.78, 5) is 7.04. The molecule has 60 valence electrons. The molecule has 2 rings (SSSR count). The van der Waals surface area contributed by atoms with Crippen molar-refractivity contribution in [1.29, 1.82) is 0 Å². The highest BCUT2D eigenvalue weighted by Gasteiger charge is 1.96. The van der Waals surface area contributed by atoms with Gasteiger partial charge in [0.1, 0.15) is 0 Å². The molecule has 0 saturated carbocycles. The van der Waals surface area contributed by atoms with Gasteiger partial charge in [0.15, 0.2) is 0 Å². The van der Waals surface area contributed by atoms with Crippen molar-refractivity contribution < 1.29 is 0 Å². The summed E-state index contributed by atoms with van der Waals surface area (Å²) < 4.78 is 0. The highest BCUT2D eigenvalue weighted by molar-refractivity contribution is 5.58. The van der Waals surface area contributed by atoms with Crippen molar-refractivity contribution in [3.05, 3.63) is 42.4 Å². The molecule has 0 saturated heterocycles. The van der Waals surface area contributed by atoms with E-state index in [0.717, 1.165) is 5.69 Å². The second-order valence-electron chi connectivity index (χ2n) is 2.83. The Kier molecular flexibility index (Phi) is 1.67. The van der Waals surface area contributed by atoms with Gasteiger partial charge < -0.3 is 4.98 Å². The maximum absolute atomic E-state index is 3.97. The van der Waals surface area contributed by atoms with E-state index < -0.39 is 0 Å². The van der Waals surface area contributed by atoms with Gasteiger partial charge in [-0.2, -0.15) is 0 Å². The zero-order valence-corrected chi connectivity index (χ0v) is 6.91. The molecule has 0 fully saturated rings. The first-order chi connectivity index (χ1) is 5.86. The molecule has 1 aromatic carbocycles. The lowest BCUT2D eigenvalue weighted by Crippen LogP contribution is -1.77. The van der Waals surface area contributed by atoms with Gasteiger partial charge in [0.25, 0.3) is 0 Å². The Bertz CT molecular complexity index is 363. The van der Waals surface area contributed by atoms with Crippen molar-refractivity contribution >= 4 is 0 Å². The Morgan fingerprint density at radius 2 is 2.25 bits per heavy atom. The lowest BCUT2D eigenvalue weighted by molar-refractivity contribution is 1.31. The Labute approximate surface area is 71.3 Å². The molecule has 0 spiro atoms. The van der Waals surface area contributed by atoms with Crippen molar-refractivity contribution in [2.45, 2.75) is 6.92 Å². The predicted octanol–water partition coefficient (Wildman–Crippen LogP) is 2.39. The minimum absolute atomic E-state index is 1.07. The van der Waals surface area contributed by atoms with Gasteiger partial charge in [-0.15, -0.1) is 0 Å². The maximum Gasteiger partial charge on any atom is 0.0924 e. The fraction of sp³-hybridized carbons (Fsp3) is 0.100. The number of H-pyrrole nitrogens is 1. The molecule has 0 aliphatic rings. The third kappa shape index (κ3) is 1.23. The SMILES string of the molecule is Cc1cccc(-c2cnc[nH]2)c1. The first-order valence-corrected chi connectivity index (χ1v) is 3.92. The van der Waals surface area contributed by atoms with Crippen LogP contribution in [-0.2, 0) is 0 Å². The van der Waals surface area contributed by atoms with Gasteiger partial charge >= 0.3 is 0 Å². The first-order valence-electron chi connectivity index (χ1n) is 3.92. The minimum atomic E-state index is 1.07. The summed E-state index contributed by atoms with van der Waals surface area (Å²) >= 11 is 0. The zero-order valence-electron chi connectivity index (χ0n) is 6.91. The number of rotatable bonds is 1. The summed E-state index contributed by atoms with van der Waals surface area (Å²) in [7, 11) is 0. The number of aryl methyl sites for hydroxylation is 1. The molecule has 2 nitrogen and oxygen atoms in total. The van der Waals surface area contributed by atoms with Crippen molar-refractivity contribution in [3.63, 3.8) is 0 Å². The molecule has 1 aromatic heterocycles. The summed E-state index contributed by atoms with van der Waals surface area (Å²) in [6, 6.07) is 8.33. The number of benzene rings is 1. The summed E-state index contributed by atoms with van der Waals surface area (Å²) in [6.07, 6.45) is 3.52. The van der Waals surface area contributed by atoms with E-state index in [1.807, 2.05) is 12.3 Å². The average molecular weight is 158 g/mol. The van der Waals surface area contributed by atoms with Crippen LogP contribution in [0.25, 0.3) is 11.3 Å². The quantitative estimate of drug-likeness (QED) is 0.678.